The van der Waals surface area contributed by atoms with Crippen LogP contribution in [0.4, 0.5) is 0 Å². The Hall–Kier alpha value is -2.70. The molecule has 0 aliphatic rings. The van der Waals surface area contributed by atoms with Gasteiger partial charge in [0.15, 0.2) is 17.2 Å². The highest BCUT2D eigenvalue weighted by molar-refractivity contribution is 5.68. The molecule has 1 heterocycles. The molecule has 0 aliphatic carbocycles. The maximum absolute atomic E-state index is 11.3. The van der Waals surface area contributed by atoms with Crippen LogP contribution in [0.2, 0.25) is 0 Å². The largest absolute Gasteiger partial charge is 0.504 e. The van der Waals surface area contributed by atoms with Crippen LogP contribution in [-0.4, -0.2) is 33.2 Å². The molecule has 3 N–H and O–H groups in total. The summed E-state index contributed by atoms with van der Waals surface area (Å²) in [6.45, 7) is 3.61. The van der Waals surface area contributed by atoms with Gasteiger partial charge in [0.1, 0.15) is 5.69 Å². The molecule has 0 amide bonds. The fraction of sp³-hybridized carbons (Fsp3) is 0.375. The zero-order valence-corrected chi connectivity index (χ0v) is 13.6. The third kappa shape index (κ3) is 2.94. The molecule has 7 nitrogen and oxygen atoms in total. The van der Waals surface area contributed by atoms with Crippen molar-refractivity contribution in [3.05, 3.63) is 41.0 Å². The van der Waals surface area contributed by atoms with E-state index in [1.807, 2.05) is 6.92 Å². The summed E-state index contributed by atoms with van der Waals surface area (Å²) >= 11 is 0. The van der Waals surface area contributed by atoms with E-state index in [1.165, 1.54) is 13.2 Å². The SMILES string of the molecule is COc1cc([C@@H](CC(=O)O)c2n(O)c(C)c(C)[n+]2C)ccc1O. The van der Waals surface area contributed by atoms with E-state index in [0.29, 0.717) is 17.1 Å². The second-order valence-electron chi connectivity index (χ2n) is 5.48. The minimum Gasteiger partial charge on any atom is -0.504 e. The molecule has 1 aromatic carbocycles. The number of nitrogens with zero attached hydrogens (tertiary/aromatic N) is 2. The van der Waals surface area contributed by atoms with Gasteiger partial charge in [0, 0.05) is 13.8 Å². The molecular formula is C16H21N2O5+. The van der Waals surface area contributed by atoms with Crippen molar-refractivity contribution in [3.63, 3.8) is 0 Å². The van der Waals surface area contributed by atoms with Gasteiger partial charge in [-0.3, -0.25) is 4.79 Å². The summed E-state index contributed by atoms with van der Waals surface area (Å²) in [6.07, 6.45) is -0.203. The van der Waals surface area contributed by atoms with Gasteiger partial charge >= 0.3 is 11.8 Å². The summed E-state index contributed by atoms with van der Waals surface area (Å²) in [5.74, 6) is -0.899. The number of hydrogen-bond donors (Lipinski definition) is 3. The van der Waals surface area contributed by atoms with Crippen molar-refractivity contribution in [3.8, 4) is 11.5 Å². The van der Waals surface area contributed by atoms with E-state index >= 15 is 0 Å². The van der Waals surface area contributed by atoms with E-state index in [-0.39, 0.29) is 17.9 Å². The predicted molar refractivity (Wildman–Crippen MR) is 81.0 cm³/mol. The van der Waals surface area contributed by atoms with Crippen LogP contribution in [0.25, 0.3) is 0 Å². The summed E-state index contributed by atoms with van der Waals surface area (Å²) in [4.78, 5) is 11.3. The first-order chi connectivity index (χ1) is 10.8. The number of carboxylic acid groups (broad SMARTS) is 1. The molecule has 2 aromatic rings. The van der Waals surface area contributed by atoms with Crippen molar-refractivity contribution in [2.45, 2.75) is 26.2 Å². The highest BCUT2D eigenvalue weighted by Gasteiger charge is 2.34. The summed E-state index contributed by atoms with van der Waals surface area (Å²) in [6, 6.07) is 4.66. The highest BCUT2D eigenvalue weighted by atomic mass is 16.5. The number of rotatable bonds is 5. The summed E-state index contributed by atoms with van der Waals surface area (Å²) in [7, 11) is 3.20. The molecule has 23 heavy (non-hydrogen) atoms. The zero-order chi connectivity index (χ0) is 17.3. The molecule has 2 rings (SSSR count). The first kappa shape index (κ1) is 16.7. The van der Waals surface area contributed by atoms with Gasteiger partial charge in [0.25, 0.3) is 0 Å². The number of imidazole rings is 1. The summed E-state index contributed by atoms with van der Waals surface area (Å²) in [5, 5.41) is 29.3. The van der Waals surface area contributed by atoms with Gasteiger partial charge in [-0.15, -0.1) is 0 Å². The normalized spacial score (nSPS) is 12.2. The van der Waals surface area contributed by atoms with Crippen molar-refractivity contribution in [2.24, 2.45) is 7.05 Å². The third-order valence-electron chi connectivity index (χ3n) is 4.20. The fourth-order valence-electron chi connectivity index (χ4n) is 2.71. The van der Waals surface area contributed by atoms with E-state index in [1.54, 1.807) is 30.7 Å². The third-order valence-corrected chi connectivity index (χ3v) is 4.20. The van der Waals surface area contributed by atoms with Crippen LogP contribution in [0.15, 0.2) is 18.2 Å². The fourth-order valence-corrected chi connectivity index (χ4v) is 2.71. The smallest absolute Gasteiger partial charge is 0.304 e. The number of hydrogen-bond acceptors (Lipinski definition) is 4. The lowest BCUT2D eigenvalue weighted by atomic mass is 9.94. The number of phenolic OH excluding ortho intramolecular Hbond substituents is 1. The minimum atomic E-state index is -0.987. The molecule has 7 heteroatoms. The predicted octanol–water partition coefficient (Wildman–Crippen LogP) is 1.49. The van der Waals surface area contributed by atoms with Gasteiger partial charge in [-0.25, -0.2) is 4.57 Å². The Bertz CT molecular complexity index is 726. The van der Waals surface area contributed by atoms with Crippen molar-refractivity contribution in [1.29, 1.82) is 0 Å². The van der Waals surface area contributed by atoms with Crippen LogP contribution in [0.3, 0.4) is 0 Å². The Kier molecular flexibility index (Phi) is 4.49. The van der Waals surface area contributed by atoms with Gasteiger partial charge < -0.3 is 20.2 Å². The molecule has 0 saturated carbocycles. The van der Waals surface area contributed by atoms with Crippen LogP contribution < -0.4 is 9.30 Å². The number of methoxy groups -OCH3 is 1. The second kappa shape index (κ2) is 6.20. The molecule has 0 unspecified atom stereocenters. The number of aliphatic carboxylic acids is 1. The van der Waals surface area contributed by atoms with E-state index in [0.717, 1.165) is 10.4 Å². The maximum Gasteiger partial charge on any atom is 0.304 e. The summed E-state index contributed by atoms with van der Waals surface area (Å²) in [5.41, 5.74) is 2.11. The average Bonchev–Trinajstić information content (AvgIpc) is 2.69. The van der Waals surface area contributed by atoms with Crippen LogP contribution in [0.1, 0.15) is 35.1 Å². The number of phenols is 1. The van der Waals surface area contributed by atoms with E-state index in [2.05, 4.69) is 0 Å². The molecule has 0 fully saturated rings. The molecule has 0 aliphatic heterocycles. The molecular weight excluding hydrogens is 300 g/mol. The van der Waals surface area contributed by atoms with Gasteiger partial charge in [-0.05, 0) is 22.4 Å². The lowest BCUT2D eigenvalue weighted by Crippen LogP contribution is -2.37. The van der Waals surface area contributed by atoms with E-state index in [4.69, 9.17) is 4.74 Å². The topological polar surface area (TPSA) is 95.8 Å². The van der Waals surface area contributed by atoms with Crippen molar-refractivity contribution < 1.29 is 29.5 Å². The Morgan fingerprint density at radius 3 is 2.52 bits per heavy atom. The number of benzene rings is 1. The Labute approximate surface area is 134 Å². The quantitative estimate of drug-likeness (QED) is 0.573. The lowest BCUT2D eigenvalue weighted by Gasteiger charge is -2.14. The monoisotopic (exact) mass is 321 g/mol. The van der Waals surface area contributed by atoms with Crippen LogP contribution in [0.5, 0.6) is 11.5 Å². The Morgan fingerprint density at radius 1 is 1.39 bits per heavy atom. The molecule has 1 aromatic heterocycles. The summed E-state index contributed by atoms with van der Waals surface area (Å²) < 4.78 is 7.87. The van der Waals surface area contributed by atoms with Crippen LogP contribution in [-0.2, 0) is 11.8 Å². The highest BCUT2D eigenvalue weighted by Crippen LogP contribution is 2.34. The van der Waals surface area contributed by atoms with Crippen molar-refractivity contribution in [2.75, 3.05) is 7.11 Å². The van der Waals surface area contributed by atoms with Gasteiger partial charge in [-0.1, -0.05) is 6.07 Å². The number of aromatic nitrogens is 2. The average molecular weight is 321 g/mol. The molecule has 0 spiro atoms. The first-order valence-corrected chi connectivity index (χ1v) is 7.13. The van der Waals surface area contributed by atoms with Gasteiger partial charge in [0.2, 0.25) is 0 Å². The number of carbonyl (C=O) groups is 1. The molecule has 124 valence electrons. The minimum absolute atomic E-state index is 0.0264. The standard InChI is InChI=1S/C16H20N2O5/c1-9-10(2)18(22)16(17(9)3)12(8-15(20)21)11-5-6-13(19)14(7-11)23-4/h5-7,12H,8H2,1-4H3,(H2-,19,20,21,22)/p+1/t12-/m1/s1. The Balaban J connectivity index is 2.63. The van der Waals surface area contributed by atoms with Gasteiger partial charge in [0.05, 0.1) is 26.5 Å². The maximum atomic E-state index is 11.3. The number of ether oxygens (including phenoxy) is 1. The lowest BCUT2D eigenvalue weighted by molar-refractivity contribution is -0.686. The van der Waals surface area contributed by atoms with Crippen molar-refractivity contribution >= 4 is 5.97 Å². The van der Waals surface area contributed by atoms with Crippen molar-refractivity contribution in [1.82, 2.24) is 4.73 Å². The molecule has 0 radical (unpaired) electrons. The zero-order valence-electron chi connectivity index (χ0n) is 13.6. The Morgan fingerprint density at radius 2 is 2.04 bits per heavy atom. The van der Waals surface area contributed by atoms with Gasteiger partial charge in [-0.2, -0.15) is 0 Å². The van der Waals surface area contributed by atoms with E-state index < -0.39 is 11.9 Å². The number of aromatic hydroxyl groups is 1. The first-order valence-electron chi connectivity index (χ1n) is 7.13. The van der Waals surface area contributed by atoms with E-state index in [9.17, 15) is 20.2 Å². The molecule has 1 atom stereocenters. The van der Waals surface area contributed by atoms with Crippen LogP contribution in [0, 0.1) is 13.8 Å². The molecule has 0 saturated heterocycles. The second-order valence-corrected chi connectivity index (χ2v) is 5.48. The van der Waals surface area contributed by atoms with Crippen LogP contribution >= 0.6 is 0 Å². The molecule has 0 bridgehead atoms. The number of carboxylic acids is 1.